The fraction of sp³-hybridized carbons (Fsp3) is 0.385. The second kappa shape index (κ2) is 5.72. The van der Waals surface area contributed by atoms with E-state index in [1.165, 1.54) is 0 Å². The van der Waals surface area contributed by atoms with E-state index < -0.39 is 10.0 Å². The number of aromatic nitrogens is 3. The van der Waals surface area contributed by atoms with Gasteiger partial charge >= 0.3 is 0 Å². The predicted molar refractivity (Wildman–Crippen MR) is 81.9 cm³/mol. The Morgan fingerprint density at radius 1 is 1.24 bits per heavy atom. The van der Waals surface area contributed by atoms with Crippen LogP contribution in [0.2, 0.25) is 0 Å². The number of aromatic amines is 1. The molecule has 0 aromatic carbocycles. The molecule has 0 saturated heterocycles. The molecule has 0 bridgehead atoms. The Morgan fingerprint density at radius 3 is 2.43 bits per heavy atom. The number of anilines is 2. The van der Waals surface area contributed by atoms with Gasteiger partial charge in [0.1, 0.15) is 10.7 Å². The molecule has 8 heteroatoms. The number of pyridine rings is 1. The van der Waals surface area contributed by atoms with E-state index in [0.29, 0.717) is 11.4 Å². The average molecular weight is 309 g/mol. The Morgan fingerprint density at radius 2 is 1.95 bits per heavy atom. The second-order valence-electron chi connectivity index (χ2n) is 5.10. The molecule has 2 aromatic rings. The Bertz CT molecular complexity index is 700. The maximum absolute atomic E-state index is 12.3. The van der Waals surface area contributed by atoms with Gasteiger partial charge in [0.15, 0.2) is 0 Å². The van der Waals surface area contributed by atoms with Crippen molar-refractivity contribution in [2.24, 2.45) is 0 Å². The minimum absolute atomic E-state index is 0.161. The number of nitrogens with one attached hydrogen (secondary N) is 3. The average Bonchev–Trinajstić information content (AvgIpc) is 2.71. The Labute approximate surface area is 124 Å². The molecule has 114 valence electrons. The van der Waals surface area contributed by atoms with Gasteiger partial charge in [-0.25, -0.2) is 13.4 Å². The van der Waals surface area contributed by atoms with E-state index in [1.807, 2.05) is 13.8 Å². The normalized spacial score (nSPS) is 11.7. The van der Waals surface area contributed by atoms with Crippen molar-refractivity contribution in [3.63, 3.8) is 0 Å². The van der Waals surface area contributed by atoms with E-state index in [2.05, 4.69) is 25.2 Å². The lowest BCUT2D eigenvalue weighted by Crippen LogP contribution is -2.16. The van der Waals surface area contributed by atoms with Crippen molar-refractivity contribution < 1.29 is 8.42 Å². The largest absolute Gasteiger partial charge is 0.382 e. The van der Waals surface area contributed by atoms with Crippen molar-refractivity contribution in [1.29, 1.82) is 0 Å². The maximum atomic E-state index is 12.3. The molecule has 3 N–H and O–H groups in total. The number of hydrogen-bond acceptors (Lipinski definition) is 5. The molecule has 21 heavy (non-hydrogen) atoms. The molecule has 0 saturated carbocycles. The smallest absolute Gasteiger partial charge is 0.266 e. The van der Waals surface area contributed by atoms with Crippen molar-refractivity contribution in [3.05, 3.63) is 29.7 Å². The third-order valence-electron chi connectivity index (χ3n) is 2.79. The molecule has 0 amide bonds. The highest BCUT2D eigenvalue weighted by Crippen LogP contribution is 2.20. The lowest BCUT2D eigenvalue weighted by molar-refractivity contribution is 0.600. The monoisotopic (exact) mass is 309 g/mol. The first-order valence-corrected chi connectivity index (χ1v) is 8.05. The number of H-pyrrole nitrogens is 1. The topological polar surface area (TPSA) is 99.8 Å². The summed E-state index contributed by atoms with van der Waals surface area (Å²) in [4.78, 5) is 4.26. The zero-order valence-corrected chi connectivity index (χ0v) is 13.2. The van der Waals surface area contributed by atoms with E-state index in [4.69, 9.17) is 0 Å². The molecule has 2 rings (SSSR count). The van der Waals surface area contributed by atoms with Gasteiger partial charge in [0.25, 0.3) is 10.0 Å². The van der Waals surface area contributed by atoms with Crippen LogP contribution in [0.15, 0.2) is 23.2 Å². The quantitative estimate of drug-likeness (QED) is 0.785. The van der Waals surface area contributed by atoms with Crippen LogP contribution in [0.25, 0.3) is 0 Å². The SMILES string of the molecule is Cc1n[nH]c(C)c1S(=O)(=O)Nc1ccc(NC(C)C)cn1. The summed E-state index contributed by atoms with van der Waals surface area (Å²) in [6, 6.07) is 3.68. The van der Waals surface area contributed by atoms with Crippen LogP contribution in [0.4, 0.5) is 11.5 Å². The molecule has 0 atom stereocenters. The molecule has 7 nitrogen and oxygen atoms in total. The second-order valence-corrected chi connectivity index (χ2v) is 6.72. The first kappa shape index (κ1) is 15.3. The van der Waals surface area contributed by atoms with Crippen molar-refractivity contribution in [1.82, 2.24) is 15.2 Å². The van der Waals surface area contributed by atoms with Crippen molar-refractivity contribution >= 4 is 21.5 Å². The van der Waals surface area contributed by atoms with Crippen LogP contribution in [0.5, 0.6) is 0 Å². The molecule has 2 aromatic heterocycles. The molecular formula is C13H19N5O2S. The number of nitrogens with zero attached hydrogens (tertiary/aromatic N) is 2. The Hall–Kier alpha value is -2.09. The Balaban J connectivity index is 2.21. The van der Waals surface area contributed by atoms with Crippen LogP contribution in [-0.4, -0.2) is 29.6 Å². The summed E-state index contributed by atoms with van der Waals surface area (Å²) in [5.41, 5.74) is 1.76. The molecule has 0 spiro atoms. The van der Waals surface area contributed by atoms with Gasteiger partial charge in [-0.2, -0.15) is 5.10 Å². The first-order chi connectivity index (χ1) is 9.79. The molecule has 0 aliphatic rings. The van der Waals surface area contributed by atoms with Gasteiger partial charge in [-0.05, 0) is 39.8 Å². The van der Waals surface area contributed by atoms with Crippen molar-refractivity contribution in [3.8, 4) is 0 Å². The van der Waals surface area contributed by atoms with E-state index >= 15 is 0 Å². The summed E-state index contributed by atoms with van der Waals surface area (Å²) in [7, 11) is -3.69. The minimum atomic E-state index is -3.69. The lowest BCUT2D eigenvalue weighted by atomic mass is 10.3. The highest BCUT2D eigenvalue weighted by atomic mass is 32.2. The summed E-state index contributed by atoms with van der Waals surface area (Å²) >= 11 is 0. The standard InChI is InChI=1S/C13H19N5O2S/c1-8(2)15-11-5-6-12(14-7-11)18-21(19,20)13-9(3)16-17-10(13)4/h5-8,15H,1-4H3,(H,14,18)(H,16,17). The van der Waals surface area contributed by atoms with Crippen LogP contribution in [0.3, 0.4) is 0 Å². The van der Waals surface area contributed by atoms with Gasteiger partial charge in [0, 0.05) is 6.04 Å². The van der Waals surface area contributed by atoms with Crippen molar-refractivity contribution in [2.75, 3.05) is 10.0 Å². The van der Waals surface area contributed by atoms with Crippen molar-refractivity contribution in [2.45, 2.75) is 38.6 Å². The van der Waals surface area contributed by atoms with E-state index in [-0.39, 0.29) is 16.8 Å². The summed E-state index contributed by atoms with van der Waals surface area (Å²) in [5, 5.41) is 9.74. The maximum Gasteiger partial charge on any atom is 0.266 e. The number of sulfonamides is 1. The molecule has 0 unspecified atom stereocenters. The van der Waals surface area contributed by atoms with Crippen LogP contribution in [0.1, 0.15) is 25.2 Å². The third kappa shape index (κ3) is 3.52. The van der Waals surface area contributed by atoms with E-state index in [9.17, 15) is 8.42 Å². The zero-order chi connectivity index (χ0) is 15.6. The number of aryl methyl sites for hydroxylation is 2. The fourth-order valence-corrected chi connectivity index (χ4v) is 3.38. The van der Waals surface area contributed by atoms with Gasteiger partial charge < -0.3 is 5.32 Å². The fourth-order valence-electron chi connectivity index (χ4n) is 2.00. The number of rotatable bonds is 5. The molecule has 0 aliphatic heterocycles. The highest BCUT2D eigenvalue weighted by Gasteiger charge is 2.22. The van der Waals surface area contributed by atoms with E-state index in [0.717, 1.165) is 5.69 Å². The third-order valence-corrected chi connectivity index (χ3v) is 4.40. The van der Waals surface area contributed by atoms with Gasteiger partial charge in [-0.3, -0.25) is 9.82 Å². The molecule has 2 heterocycles. The van der Waals surface area contributed by atoms with Gasteiger partial charge in [0.05, 0.1) is 23.3 Å². The van der Waals surface area contributed by atoms with Crippen LogP contribution in [0, 0.1) is 13.8 Å². The summed E-state index contributed by atoms with van der Waals surface area (Å²) in [6.45, 7) is 7.33. The predicted octanol–water partition coefficient (Wildman–Crippen LogP) is 2.04. The van der Waals surface area contributed by atoms with Crippen LogP contribution < -0.4 is 10.0 Å². The van der Waals surface area contributed by atoms with E-state index in [1.54, 1.807) is 32.2 Å². The number of hydrogen-bond donors (Lipinski definition) is 3. The lowest BCUT2D eigenvalue weighted by Gasteiger charge is -2.11. The summed E-state index contributed by atoms with van der Waals surface area (Å²) in [6.07, 6.45) is 1.59. The molecular weight excluding hydrogens is 290 g/mol. The first-order valence-electron chi connectivity index (χ1n) is 6.56. The van der Waals surface area contributed by atoms with Crippen LogP contribution >= 0.6 is 0 Å². The summed E-state index contributed by atoms with van der Waals surface area (Å²) in [5.74, 6) is 0.268. The zero-order valence-electron chi connectivity index (χ0n) is 12.4. The molecule has 0 fully saturated rings. The summed E-state index contributed by atoms with van der Waals surface area (Å²) < 4.78 is 27.1. The molecule has 0 aliphatic carbocycles. The van der Waals surface area contributed by atoms with Crippen LogP contribution in [-0.2, 0) is 10.0 Å². The Kier molecular flexibility index (Phi) is 4.17. The van der Waals surface area contributed by atoms with Gasteiger partial charge in [0.2, 0.25) is 0 Å². The minimum Gasteiger partial charge on any atom is -0.382 e. The van der Waals surface area contributed by atoms with Gasteiger partial charge in [-0.15, -0.1) is 0 Å². The highest BCUT2D eigenvalue weighted by molar-refractivity contribution is 7.92. The van der Waals surface area contributed by atoms with Gasteiger partial charge in [-0.1, -0.05) is 0 Å². The molecule has 0 radical (unpaired) electrons.